The van der Waals surface area contributed by atoms with Crippen LogP contribution in [0.2, 0.25) is 0 Å². The lowest BCUT2D eigenvalue weighted by atomic mass is 9.96. The Morgan fingerprint density at radius 2 is 2.18 bits per heavy atom. The Morgan fingerprint density at radius 1 is 1.32 bits per heavy atom. The fourth-order valence-corrected chi connectivity index (χ4v) is 3.59. The van der Waals surface area contributed by atoms with Crippen molar-refractivity contribution in [1.29, 1.82) is 0 Å². The average molecular weight is 389 g/mol. The van der Waals surface area contributed by atoms with Gasteiger partial charge in [-0.3, -0.25) is 10.00 Å². The van der Waals surface area contributed by atoms with Crippen LogP contribution in [0.5, 0.6) is 0 Å². The SMILES string of the molecule is CCOC[C@@H]1[C@@H](F)[C@@H](Nc2nccc(Nc3cc(C4CC4)[nH]n3)n2)CCN1C. The van der Waals surface area contributed by atoms with Crippen LogP contribution in [0.25, 0.3) is 0 Å². The highest BCUT2D eigenvalue weighted by Crippen LogP contribution is 2.39. The monoisotopic (exact) mass is 389 g/mol. The van der Waals surface area contributed by atoms with Gasteiger partial charge in [0.15, 0.2) is 5.82 Å². The smallest absolute Gasteiger partial charge is 0.224 e. The zero-order valence-corrected chi connectivity index (χ0v) is 16.4. The lowest BCUT2D eigenvalue weighted by molar-refractivity contribution is 0.00763. The molecular weight excluding hydrogens is 361 g/mol. The minimum atomic E-state index is -1.06. The van der Waals surface area contributed by atoms with Gasteiger partial charge in [-0.15, -0.1) is 0 Å². The van der Waals surface area contributed by atoms with E-state index in [2.05, 4.69) is 30.8 Å². The highest BCUT2D eigenvalue weighted by molar-refractivity contribution is 5.53. The Hall–Kier alpha value is -2.26. The van der Waals surface area contributed by atoms with E-state index in [0.717, 1.165) is 18.1 Å². The summed E-state index contributed by atoms with van der Waals surface area (Å²) in [6.45, 7) is 3.69. The van der Waals surface area contributed by atoms with E-state index in [4.69, 9.17) is 4.74 Å². The van der Waals surface area contributed by atoms with Crippen LogP contribution in [-0.4, -0.2) is 70.1 Å². The second-order valence-electron chi connectivity index (χ2n) is 7.56. The number of piperidine rings is 1. The molecule has 2 fully saturated rings. The van der Waals surface area contributed by atoms with Crippen molar-refractivity contribution in [2.45, 2.75) is 50.4 Å². The molecule has 8 nitrogen and oxygen atoms in total. The van der Waals surface area contributed by atoms with Crippen LogP contribution in [0.4, 0.5) is 22.0 Å². The maximum absolute atomic E-state index is 15.0. The van der Waals surface area contributed by atoms with Crippen LogP contribution < -0.4 is 10.6 Å². The topological polar surface area (TPSA) is 91.0 Å². The Morgan fingerprint density at radius 3 is 2.96 bits per heavy atom. The van der Waals surface area contributed by atoms with Crippen molar-refractivity contribution >= 4 is 17.6 Å². The molecule has 28 heavy (non-hydrogen) atoms. The number of alkyl halides is 1. The molecule has 2 aromatic heterocycles. The van der Waals surface area contributed by atoms with Crippen molar-refractivity contribution in [2.24, 2.45) is 0 Å². The molecule has 0 radical (unpaired) electrons. The third-order valence-corrected chi connectivity index (χ3v) is 5.44. The van der Waals surface area contributed by atoms with Gasteiger partial charge in [-0.05, 0) is 39.3 Å². The lowest BCUT2D eigenvalue weighted by Gasteiger charge is -2.40. The van der Waals surface area contributed by atoms with Gasteiger partial charge < -0.3 is 15.4 Å². The quantitative estimate of drug-likeness (QED) is 0.639. The molecule has 1 aliphatic carbocycles. The van der Waals surface area contributed by atoms with Gasteiger partial charge in [-0.1, -0.05) is 0 Å². The summed E-state index contributed by atoms with van der Waals surface area (Å²) in [7, 11) is 1.94. The van der Waals surface area contributed by atoms with Gasteiger partial charge >= 0.3 is 0 Å². The van der Waals surface area contributed by atoms with Gasteiger partial charge in [-0.25, -0.2) is 9.37 Å². The van der Waals surface area contributed by atoms with Crippen LogP contribution in [0.15, 0.2) is 18.3 Å². The maximum Gasteiger partial charge on any atom is 0.224 e. The van der Waals surface area contributed by atoms with Gasteiger partial charge in [0.05, 0.1) is 18.7 Å². The molecule has 1 saturated heterocycles. The molecule has 0 amide bonds. The number of hydrogen-bond donors (Lipinski definition) is 3. The van der Waals surface area contributed by atoms with Crippen molar-refractivity contribution in [3.63, 3.8) is 0 Å². The number of H-pyrrole nitrogens is 1. The van der Waals surface area contributed by atoms with E-state index in [1.165, 1.54) is 12.8 Å². The Balaban J connectivity index is 1.39. The van der Waals surface area contributed by atoms with Crippen LogP contribution in [0.3, 0.4) is 0 Å². The Kier molecular flexibility index (Phi) is 5.72. The van der Waals surface area contributed by atoms with Gasteiger partial charge in [0, 0.05) is 37.0 Å². The van der Waals surface area contributed by atoms with Crippen LogP contribution in [-0.2, 0) is 4.74 Å². The molecule has 0 unspecified atom stereocenters. The van der Waals surface area contributed by atoms with Gasteiger partial charge in [0.1, 0.15) is 12.0 Å². The molecule has 3 N–H and O–H groups in total. The highest BCUT2D eigenvalue weighted by atomic mass is 19.1. The molecule has 9 heteroatoms. The first kappa shape index (κ1) is 19.1. The fraction of sp³-hybridized carbons (Fsp3) is 0.632. The van der Waals surface area contributed by atoms with Crippen LogP contribution in [0, 0.1) is 0 Å². The highest BCUT2D eigenvalue weighted by Gasteiger charge is 2.37. The summed E-state index contributed by atoms with van der Waals surface area (Å²) in [5, 5.41) is 13.7. The normalized spacial score (nSPS) is 25.6. The minimum absolute atomic E-state index is 0.266. The van der Waals surface area contributed by atoms with Gasteiger partial charge in [0.25, 0.3) is 0 Å². The molecule has 0 bridgehead atoms. The van der Waals surface area contributed by atoms with Crippen molar-refractivity contribution < 1.29 is 9.13 Å². The number of nitrogens with one attached hydrogen (secondary N) is 3. The van der Waals surface area contributed by atoms with Crippen LogP contribution in [0.1, 0.15) is 37.8 Å². The van der Waals surface area contributed by atoms with Gasteiger partial charge in [0.2, 0.25) is 5.95 Å². The number of nitrogens with zero attached hydrogens (tertiary/aromatic N) is 4. The summed E-state index contributed by atoms with van der Waals surface area (Å²) < 4.78 is 20.5. The second-order valence-corrected chi connectivity index (χ2v) is 7.56. The number of aromatic amines is 1. The molecule has 4 rings (SSSR count). The zero-order chi connectivity index (χ0) is 19.5. The number of hydrogen-bond acceptors (Lipinski definition) is 7. The number of aromatic nitrogens is 4. The molecule has 3 atom stereocenters. The van der Waals surface area contributed by atoms with Crippen molar-refractivity contribution in [2.75, 3.05) is 37.4 Å². The van der Waals surface area contributed by atoms with Crippen LogP contribution >= 0.6 is 0 Å². The largest absolute Gasteiger partial charge is 0.380 e. The first-order chi connectivity index (χ1) is 13.6. The van der Waals surface area contributed by atoms with E-state index < -0.39 is 6.17 Å². The van der Waals surface area contributed by atoms with Crippen molar-refractivity contribution in [3.05, 3.63) is 24.0 Å². The summed E-state index contributed by atoms with van der Waals surface area (Å²) in [6, 6.07) is 3.18. The van der Waals surface area contributed by atoms with Crippen molar-refractivity contribution in [1.82, 2.24) is 25.1 Å². The summed E-state index contributed by atoms with van der Waals surface area (Å²) >= 11 is 0. The second kappa shape index (κ2) is 8.40. The van der Waals surface area contributed by atoms with E-state index in [9.17, 15) is 0 Å². The van der Waals surface area contributed by atoms with E-state index in [-0.39, 0.29) is 12.1 Å². The molecule has 1 saturated carbocycles. The molecule has 2 aliphatic rings. The summed E-state index contributed by atoms with van der Waals surface area (Å²) in [5.41, 5.74) is 1.15. The fourth-order valence-electron chi connectivity index (χ4n) is 3.59. The third-order valence-electron chi connectivity index (χ3n) is 5.44. The predicted octanol–water partition coefficient (Wildman–Crippen LogP) is 2.68. The van der Waals surface area contributed by atoms with Gasteiger partial charge in [-0.2, -0.15) is 10.1 Å². The number of likely N-dealkylation sites (tertiary alicyclic amines) is 1. The summed E-state index contributed by atoms with van der Waals surface area (Å²) in [4.78, 5) is 10.8. The molecule has 2 aromatic rings. The standard InChI is InChI=1S/C19H28FN7O/c1-3-28-11-15-18(20)13(7-9-27(15)2)22-19-21-8-6-16(24-19)23-17-10-14(25-26-17)12-4-5-12/h6,8,10,12-13,15,18H,3-5,7,9,11H2,1-2H3,(H3,21,22,23,24,25,26)/t13-,15+,18-/m0/s1. The molecule has 0 spiro atoms. The van der Waals surface area contributed by atoms with E-state index in [1.54, 1.807) is 12.3 Å². The molecule has 1 aliphatic heterocycles. The number of rotatable bonds is 8. The van der Waals surface area contributed by atoms with Crippen molar-refractivity contribution in [3.8, 4) is 0 Å². The third kappa shape index (κ3) is 4.41. The molecule has 3 heterocycles. The molecule has 0 aromatic carbocycles. The number of ether oxygens (including phenoxy) is 1. The lowest BCUT2D eigenvalue weighted by Crippen LogP contribution is -2.55. The molecular formula is C19H28FN7O. The first-order valence-electron chi connectivity index (χ1n) is 9.98. The number of halogens is 1. The van der Waals surface area contributed by atoms with E-state index >= 15 is 4.39 Å². The number of anilines is 3. The first-order valence-corrected chi connectivity index (χ1v) is 9.98. The number of likely N-dealkylation sites (N-methyl/N-ethyl adjacent to an activating group) is 1. The zero-order valence-electron chi connectivity index (χ0n) is 16.4. The van der Waals surface area contributed by atoms with E-state index in [0.29, 0.717) is 37.3 Å². The predicted molar refractivity (Wildman–Crippen MR) is 106 cm³/mol. The Labute approximate surface area is 164 Å². The Bertz CT molecular complexity index is 781. The maximum atomic E-state index is 15.0. The average Bonchev–Trinajstić information content (AvgIpc) is 3.44. The summed E-state index contributed by atoms with van der Waals surface area (Å²) in [6.07, 6.45) is 3.72. The minimum Gasteiger partial charge on any atom is -0.380 e. The summed E-state index contributed by atoms with van der Waals surface area (Å²) in [5.74, 6) is 2.38. The molecule has 152 valence electrons. The van der Waals surface area contributed by atoms with E-state index in [1.807, 2.05) is 24.9 Å².